The molecule has 0 atom stereocenters. The van der Waals surface area contributed by atoms with Crippen LogP contribution in [0.3, 0.4) is 0 Å². The Bertz CT molecular complexity index is 724. The molecule has 2 heterocycles. The van der Waals surface area contributed by atoms with E-state index in [2.05, 4.69) is 49.6 Å². The molecule has 6 nitrogen and oxygen atoms in total. The van der Waals surface area contributed by atoms with E-state index >= 15 is 0 Å². The number of aromatic nitrogens is 1. The Morgan fingerprint density at radius 2 is 1.81 bits per heavy atom. The second-order valence-corrected chi connectivity index (χ2v) is 6.36. The molecule has 136 valence electrons. The summed E-state index contributed by atoms with van der Waals surface area (Å²) >= 11 is 0. The van der Waals surface area contributed by atoms with Crippen molar-refractivity contribution in [3.8, 4) is 0 Å². The summed E-state index contributed by atoms with van der Waals surface area (Å²) in [4.78, 5) is 21.0. The number of pyridine rings is 1. The number of amides is 1. The van der Waals surface area contributed by atoms with Gasteiger partial charge in [0, 0.05) is 51.0 Å². The minimum absolute atomic E-state index is 0.0641. The predicted molar refractivity (Wildman–Crippen MR) is 104 cm³/mol. The van der Waals surface area contributed by atoms with Crippen LogP contribution >= 0.6 is 0 Å². The van der Waals surface area contributed by atoms with Crippen molar-refractivity contribution in [3.05, 3.63) is 60.4 Å². The average Bonchev–Trinajstić information content (AvgIpc) is 2.72. The van der Waals surface area contributed by atoms with Crippen LogP contribution in [0.2, 0.25) is 0 Å². The van der Waals surface area contributed by atoms with Crippen LogP contribution in [0.1, 0.15) is 19.0 Å². The molecule has 0 spiro atoms. The minimum atomic E-state index is -0.0641. The summed E-state index contributed by atoms with van der Waals surface area (Å²) in [6, 6.07) is 16.1. The largest absolute Gasteiger partial charge is 0.369 e. The van der Waals surface area contributed by atoms with Gasteiger partial charge in [-0.25, -0.2) is 5.43 Å². The van der Waals surface area contributed by atoms with E-state index in [4.69, 9.17) is 0 Å². The van der Waals surface area contributed by atoms with Crippen molar-refractivity contribution < 1.29 is 4.79 Å². The number of nitrogens with zero attached hydrogens (tertiary/aromatic N) is 4. The summed E-state index contributed by atoms with van der Waals surface area (Å²) in [6.45, 7) is 6.51. The van der Waals surface area contributed by atoms with E-state index in [1.807, 2.05) is 31.2 Å². The molecule has 1 fully saturated rings. The number of carbonyl (C=O) groups is 1. The van der Waals surface area contributed by atoms with Gasteiger partial charge in [0.05, 0.1) is 11.4 Å². The lowest BCUT2D eigenvalue weighted by Gasteiger charge is -2.36. The zero-order valence-electron chi connectivity index (χ0n) is 15.1. The van der Waals surface area contributed by atoms with Crippen molar-refractivity contribution in [2.24, 2.45) is 5.10 Å². The monoisotopic (exact) mass is 351 g/mol. The summed E-state index contributed by atoms with van der Waals surface area (Å²) in [6.07, 6.45) is 2.16. The first-order valence-corrected chi connectivity index (χ1v) is 8.99. The first-order valence-electron chi connectivity index (χ1n) is 8.99. The molecule has 0 radical (unpaired) electrons. The molecule has 1 aromatic carbocycles. The standard InChI is InChI=1S/C20H25N5O/c1-17(19-9-5-6-11-21-19)22-23-20(26)10-12-24-13-15-25(16-14-24)18-7-3-2-4-8-18/h2-9,11H,10,12-16H2,1H3,(H,23,26)/b22-17-. The first-order chi connectivity index (χ1) is 12.7. The Morgan fingerprint density at radius 1 is 1.08 bits per heavy atom. The molecule has 26 heavy (non-hydrogen) atoms. The van der Waals surface area contributed by atoms with Gasteiger partial charge < -0.3 is 4.90 Å². The average molecular weight is 351 g/mol. The number of hydrogen-bond acceptors (Lipinski definition) is 5. The van der Waals surface area contributed by atoms with Crippen molar-refractivity contribution in [1.82, 2.24) is 15.3 Å². The number of nitrogens with one attached hydrogen (secondary N) is 1. The summed E-state index contributed by atoms with van der Waals surface area (Å²) in [5.41, 5.74) is 5.37. The number of carbonyl (C=O) groups excluding carboxylic acids is 1. The van der Waals surface area contributed by atoms with Crippen molar-refractivity contribution in [2.45, 2.75) is 13.3 Å². The zero-order valence-corrected chi connectivity index (χ0v) is 15.1. The second kappa shape index (κ2) is 9.10. The minimum Gasteiger partial charge on any atom is -0.369 e. The quantitative estimate of drug-likeness (QED) is 0.640. The highest BCUT2D eigenvalue weighted by atomic mass is 16.2. The van der Waals surface area contributed by atoms with Gasteiger partial charge in [0.1, 0.15) is 0 Å². The van der Waals surface area contributed by atoms with E-state index in [1.165, 1.54) is 5.69 Å². The Morgan fingerprint density at radius 3 is 2.50 bits per heavy atom. The number of hydrazone groups is 1. The number of piperazine rings is 1. The maximum atomic E-state index is 12.0. The van der Waals surface area contributed by atoms with Crippen LogP contribution in [0.4, 0.5) is 5.69 Å². The Balaban J connectivity index is 1.39. The first kappa shape index (κ1) is 18.1. The second-order valence-electron chi connectivity index (χ2n) is 6.36. The van der Waals surface area contributed by atoms with Crippen molar-refractivity contribution >= 4 is 17.3 Å². The fourth-order valence-electron chi connectivity index (χ4n) is 2.96. The van der Waals surface area contributed by atoms with Crippen LogP contribution in [0.15, 0.2) is 59.8 Å². The Kier molecular flexibility index (Phi) is 6.33. The highest BCUT2D eigenvalue weighted by Crippen LogP contribution is 2.15. The van der Waals surface area contributed by atoms with Gasteiger partial charge in [-0.1, -0.05) is 24.3 Å². The van der Waals surface area contributed by atoms with E-state index in [0.717, 1.165) is 38.4 Å². The summed E-state index contributed by atoms with van der Waals surface area (Å²) in [7, 11) is 0. The van der Waals surface area contributed by atoms with Gasteiger partial charge in [-0.2, -0.15) is 5.10 Å². The molecule has 0 saturated carbocycles. The molecular formula is C20H25N5O. The van der Waals surface area contributed by atoms with Gasteiger partial charge in [0.25, 0.3) is 0 Å². The molecule has 0 unspecified atom stereocenters. The van der Waals surface area contributed by atoms with Gasteiger partial charge in [-0.05, 0) is 31.2 Å². The SMILES string of the molecule is C/C(=N/NC(=O)CCN1CCN(c2ccccc2)CC1)c1ccccn1. The molecule has 1 aromatic heterocycles. The van der Waals surface area contributed by atoms with Gasteiger partial charge in [-0.3, -0.25) is 14.7 Å². The zero-order chi connectivity index (χ0) is 18.2. The van der Waals surface area contributed by atoms with Crippen molar-refractivity contribution in [1.29, 1.82) is 0 Å². The number of rotatable bonds is 6. The molecule has 0 aliphatic carbocycles. The third-order valence-corrected chi connectivity index (χ3v) is 4.53. The van der Waals surface area contributed by atoms with Gasteiger partial charge in [-0.15, -0.1) is 0 Å². The molecular weight excluding hydrogens is 326 g/mol. The molecule has 2 aromatic rings. The molecule has 6 heteroatoms. The lowest BCUT2D eigenvalue weighted by atomic mass is 10.2. The maximum absolute atomic E-state index is 12.0. The summed E-state index contributed by atoms with van der Waals surface area (Å²) in [5, 5.41) is 4.14. The Hall–Kier alpha value is -2.73. The molecule has 1 amide bonds. The molecule has 1 N–H and O–H groups in total. The van der Waals surface area contributed by atoms with Crippen LogP contribution in [0, 0.1) is 0 Å². The predicted octanol–water partition coefficient (Wildman–Crippen LogP) is 2.13. The normalized spacial score (nSPS) is 15.7. The molecule has 0 bridgehead atoms. The van der Waals surface area contributed by atoms with Crippen LogP contribution in [0.25, 0.3) is 0 Å². The fourth-order valence-corrected chi connectivity index (χ4v) is 2.96. The van der Waals surface area contributed by atoms with Gasteiger partial charge >= 0.3 is 0 Å². The summed E-state index contributed by atoms with van der Waals surface area (Å²) in [5.74, 6) is -0.0641. The maximum Gasteiger partial charge on any atom is 0.241 e. The van der Waals surface area contributed by atoms with Gasteiger partial charge in [0.2, 0.25) is 5.91 Å². The lowest BCUT2D eigenvalue weighted by Crippen LogP contribution is -2.47. The third kappa shape index (κ3) is 5.13. The van der Waals surface area contributed by atoms with Crippen LogP contribution < -0.4 is 10.3 Å². The molecule has 3 rings (SSSR count). The smallest absolute Gasteiger partial charge is 0.241 e. The highest BCUT2D eigenvalue weighted by molar-refractivity contribution is 5.97. The third-order valence-electron chi connectivity index (χ3n) is 4.53. The number of hydrogen-bond donors (Lipinski definition) is 1. The highest BCUT2D eigenvalue weighted by Gasteiger charge is 2.17. The number of benzene rings is 1. The van der Waals surface area contributed by atoms with E-state index in [0.29, 0.717) is 12.1 Å². The van der Waals surface area contributed by atoms with Crippen molar-refractivity contribution in [2.75, 3.05) is 37.6 Å². The number of anilines is 1. The van der Waals surface area contributed by atoms with E-state index < -0.39 is 0 Å². The summed E-state index contributed by atoms with van der Waals surface area (Å²) < 4.78 is 0. The van der Waals surface area contributed by atoms with E-state index in [9.17, 15) is 4.79 Å². The Labute approximate surface area is 154 Å². The fraction of sp³-hybridized carbons (Fsp3) is 0.350. The van der Waals surface area contributed by atoms with Crippen LogP contribution in [-0.4, -0.2) is 54.2 Å². The van der Waals surface area contributed by atoms with E-state index in [1.54, 1.807) is 6.20 Å². The molecule has 1 saturated heterocycles. The van der Waals surface area contributed by atoms with E-state index in [-0.39, 0.29) is 5.91 Å². The van der Waals surface area contributed by atoms with Crippen LogP contribution in [0.5, 0.6) is 0 Å². The topological polar surface area (TPSA) is 60.8 Å². The molecule has 1 aliphatic rings. The lowest BCUT2D eigenvalue weighted by molar-refractivity contribution is -0.121. The van der Waals surface area contributed by atoms with Gasteiger partial charge in [0.15, 0.2) is 0 Å². The molecule has 1 aliphatic heterocycles. The van der Waals surface area contributed by atoms with Crippen LogP contribution in [-0.2, 0) is 4.79 Å². The number of para-hydroxylation sites is 1. The van der Waals surface area contributed by atoms with Crippen molar-refractivity contribution in [3.63, 3.8) is 0 Å².